The molecule has 0 amide bonds. The van der Waals surface area contributed by atoms with Crippen molar-refractivity contribution >= 4 is 27.3 Å². The average molecular weight is 320 g/mol. The van der Waals surface area contributed by atoms with Crippen molar-refractivity contribution in [2.45, 2.75) is 18.6 Å². The predicted molar refractivity (Wildman–Crippen MR) is 71.5 cm³/mol. The molecule has 1 aromatic carbocycles. The zero-order valence-corrected chi connectivity index (χ0v) is 11.9. The van der Waals surface area contributed by atoms with Crippen molar-refractivity contribution in [3.63, 3.8) is 0 Å². The van der Waals surface area contributed by atoms with Gasteiger partial charge in [-0.25, -0.2) is 4.39 Å². The molecular formula is C11H11ClFN3O3S. The minimum atomic E-state index is -4.05. The third kappa shape index (κ3) is 2.92. The van der Waals surface area contributed by atoms with Crippen LogP contribution in [0.1, 0.15) is 11.3 Å². The first-order valence-corrected chi connectivity index (χ1v) is 7.33. The molecule has 0 atom stereocenters. The first-order valence-electron chi connectivity index (χ1n) is 5.47. The van der Waals surface area contributed by atoms with Crippen LogP contribution in [0.4, 0.5) is 10.1 Å². The predicted octanol–water partition coefficient (Wildman–Crippen LogP) is 1.80. The van der Waals surface area contributed by atoms with Crippen LogP contribution in [0.5, 0.6) is 0 Å². The molecule has 9 heteroatoms. The van der Waals surface area contributed by atoms with Crippen molar-refractivity contribution in [1.82, 2.24) is 10.2 Å². The lowest BCUT2D eigenvalue weighted by molar-refractivity contribution is 0.277. The van der Waals surface area contributed by atoms with E-state index in [1.807, 2.05) is 0 Å². The Morgan fingerprint density at radius 3 is 2.75 bits per heavy atom. The Bertz CT molecular complexity index is 725. The molecule has 108 valence electrons. The van der Waals surface area contributed by atoms with Crippen molar-refractivity contribution in [3.8, 4) is 0 Å². The zero-order chi connectivity index (χ0) is 14.9. The average Bonchev–Trinajstić information content (AvgIpc) is 2.68. The lowest BCUT2D eigenvalue weighted by Crippen LogP contribution is -2.15. The van der Waals surface area contributed by atoms with Crippen LogP contribution in [0.3, 0.4) is 0 Å². The SMILES string of the molecule is Cc1[nH]nc(S(=O)(=O)Nc2cc(F)cc(Cl)c2)c1CO. The molecular weight excluding hydrogens is 309 g/mol. The first-order chi connectivity index (χ1) is 9.33. The molecule has 1 heterocycles. The number of nitrogens with zero attached hydrogens (tertiary/aromatic N) is 1. The van der Waals surface area contributed by atoms with Crippen LogP contribution in [0.15, 0.2) is 23.2 Å². The molecule has 6 nitrogen and oxygen atoms in total. The summed E-state index contributed by atoms with van der Waals surface area (Å²) in [6.45, 7) is 1.10. The highest BCUT2D eigenvalue weighted by atomic mass is 35.5. The maximum Gasteiger partial charge on any atom is 0.281 e. The van der Waals surface area contributed by atoms with Crippen molar-refractivity contribution in [2.75, 3.05) is 4.72 Å². The summed E-state index contributed by atoms with van der Waals surface area (Å²) in [6.07, 6.45) is 0. The van der Waals surface area contributed by atoms with Crippen LogP contribution in [0, 0.1) is 12.7 Å². The Morgan fingerprint density at radius 2 is 2.15 bits per heavy atom. The molecule has 0 radical (unpaired) electrons. The minimum Gasteiger partial charge on any atom is -0.392 e. The van der Waals surface area contributed by atoms with E-state index in [1.165, 1.54) is 6.07 Å². The van der Waals surface area contributed by atoms with E-state index in [0.717, 1.165) is 12.1 Å². The Kier molecular flexibility index (Phi) is 3.98. The molecule has 3 N–H and O–H groups in total. The Hall–Kier alpha value is -1.64. The number of nitrogens with one attached hydrogen (secondary N) is 2. The molecule has 20 heavy (non-hydrogen) atoms. The van der Waals surface area contributed by atoms with E-state index in [9.17, 15) is 17.9 Å². The van der Waals surface area contributed by atoms with E-state index in [-0.39, 0.29) is 21.3 Å². The maximum absolute atomic E-state index is 13.2. The van der Waals surface area contributed by atoms with E-state index in [1.54, 1.807) is 6.92 Å². The van der Waals surface area contributed by atoms with Crippen molar-refractivity contribution in [2.24, 2.45) is 0 Å². The molecule has 2 aromatic rings. The second kappa shape index (κ2) is 5.39. The van der Waals surface area contributed by atoms with Crippen LogP contribution < -0.4 is 4.72 Å². The highest BCUT2D eigenvalue weighted by Crippen LogP contribution is 2.23. The Balaban J connectivity index is 2.40. The van der Waals surface area contributed by atoms with E-state index in [0.29, 0.717) is 5.69 Å². The zero-order valence-electron chi connectivity index (χ0n) is 10.3. The van der Waals surface area contributed by atoms with E-state index < -0.39 is 22.4 Å². The number of aliphatic hydroxyl groups excluding tert-OH is 1. The molecule has 0 fully saturated rings. The molecule has 1 aromatic heterocycles. The normalized spacial score (nSPS) is 11.6. The third-order valence-corrected chi connectivity index (χ3v) is 4.13. The van der Waals surface area contributed by atoms with Crippen molar-refractivity contribution in [3.05, 3.63) is 40.3 Å². The number of aryl methyl sites for hydroxylation is 1. The molecule has 0 spiro atoms. The number of sulfonamides is 1. The minimum absolute atomic E-state index is 0.0282. The van der Waals surface area contributed by atoms with Gasteiger partial charge in [-0.05, 0) is 25.1 Å². The van der Waals surface area contributed by atoms with Crippen LogP contribution in [0.2, 0.25) is 5.02 Å². The number of halogens is 2. The van der Waals surface area contributed by atoms with Gasteiger partial charge >= 0.3 is 0 Å². The molecule has 0 unspecified atom stereocenters. The van der Waals surface area contributed by atoms with Crippen molar-refractivity contribution in [1.29, 1.82) is 0 Å². The van der Waals surface area contributed by atoms with E-state index >= 15 is 0 Å². The summed E-state index contributed by atoms with van der Waals surface area (Å²) in [5.74, 6) is -0.671. The van der Waals surface area contributed by atoms with Gasteiger partial charge < -0.3 is 5.11 Å². The van der Waals surface area contributed by atoms with Crippen LogP contribution in [-0.4, -0.2) is 23.7 Å². The fourth-order valence-corrected chi connectivity index (χ4v) is 3.11. The highest BCUT2D eigenvalue weighted by Gasteiger charge is 2.23. The molecule has 0 saturated carbocycles. The third-order valence-electron chi connectivity index (χ3n) is 2.56. The summed E-state index contributed by atoms with van der Waals surface area (Å²) < 4.78 is 39.6. The summed E-state index contributed by atoms with van der Waals surface area (Å²) >= 11 is 5.65. The smallest absolute Gasteiger partial charge is 0.281 e. The summed E-state index contributed by atoms with van der Waals surface area (Å²) in [7, 11) is -4.05. The fraction of sp³-hybridized carbons (Fsp3) is 0.182. The van der Waals surface area contributed by atoms with Gasteiger partial charge in [-0.15, -0.1) is 0 Å². The molecule has 0 aliphatic heterocycles. The second-order valence-electron chi connectivity index (χ2n) is 4.05. The second-order valence-corrected chi connectivity index (χ2v) is 6.09. The molecule has 0 aliphatic rings. The summed E-state index contributed by atoms with van der Waals surface area (Å²) in [5.41, 5.74) is 0.560. The van der Waals surface area contributed by atoms with E-state index in [4.69, 9.17) is 11.6 Å². The standard InChI is InChI=1S/C11H11ClFN3O3S/c1-6-10(5-17)11(15-14-6)20(18,19)16-9-3-7(12)2-8(13)4-9/h2-4,16-17H,5H2,1H3,(H,14,15). The molecule has 0 saturated heterocycles. The lowest BCUT2D eigenvalue weighted by atomic mass is 10.3. The summed E-state index contributed by atoms with van der Waals surface area (Å²) in [5, 5.41) is 15.0. The number of hydrogen-bond donors (Lipinski definition) is 3. The number of H-pyrrole nitrogens is 1. The Labute approximate surface area is 119 Å². The lowest BCUT2D eigenvalue weighted by Gasteiger charge is -2.07. The summed E-state index contributed by atoms with van der Waals surface area (Å²) in [4.78, 5) is 0. The van der Waals surface area contributed by atoms with E-state index in [2.05, 4.69) is 14.9 Å². The van der Waals surface area contributed by atoms with Gasteiger partial charge in [-0.1, -0.05) is 11.6 Å². The van der Waals surface area contributed by atoms with Gasteiger partial charge in [0.2, 0.25) is 5.03 Å². The topological polar surface area (TPSA) is 95.1 Å². The van der Waals surface area contributed by atoms with Gasteiger partial charge in [0.15, 0.2) is 0 Å². The van der Waals surface area contributed by atoms with Gasteiger partial charge in [0.05, 0.1) is 12.3 Å². The first kappa shape index (κ1) is 14.8. The van der Waals surface area contributed by atoms with Crippen LogP contribution in [-0.2, 0) is 16.6 Å². The summed E-state index contributed by atoms with van der Waals surface area (Å²) in [6, 6.07) is 3.30. The van der Waals surface area contributed by atoms with Gasteiger partial charge in [-0.2, -0.15) is 13.5 Å². The van der Waals surface area contributed by atoms with Gasteiger partial charge in [0.25, 0.3) is 10.0 Å². The largest absolute Gasteiger partial charge is 0.392 e. The maximum atomic E-state index is 13.2. The highest BCUT2D eigenvalue weighted by molar-refractivity contribution is 7.92. The van der Waals surface area contributed by atoms with Crippen LogP contribution >= 0.6 is 11.6 Å². The molecule has 0 aliphatic carbocycles. The number of benzene rings is 1. The van der Waals surface area contributed by atoms with Crippen molar-refractivity contribution < 1.29 is 17.9 Å². The monoisotopic (exact) mass is 319 g/mol. The quantitative estimate of drug-likeness (QED) is 0.801. The number of rotatable bonds is 4. The van der Waals surface area contributed by atoms with Gasteiger partial charge in [0, 0.05) is 16.3 Å². The Morgan fingerprint density at radius 1 is 1.45 bits per heavy atom. The fourth-order valence-electron chi connectivity index (χ4n) is 1.65. The molecule has 2 rings (SSSR count). The van der Waals surface area contributed by atoms with Crippen LogP contribution in [0.25, 0.3) is 0 Å². The van der Waals surface area contributed by atoms with Gasteiger partial charge in [0.1, 0.15) is 5.82 Å². The number of anilines is 1. The number of aliphatic hydroxyl groups is 1. The van der Waals surface area contributed by atoms with Gasteiger partial charge in [-0.3, -0.25) is 9.82 Å². The molecule has 0 bridgehead atoms. The number of aromatic amines is 1. The number of aromatic nitrogens is 2. The number of hydrogen-bond acceptors (Lipinski definition) is 4.